The number of rotatable bonds is 6. The van der Waals surface area contributed by atoms with Crippen LogP contribution in [0.5, 0.6) is 0 Å². The average molecular weight is 369 g/mol. The largest absolute Gasteiger partial charge is 0.379 e. The van der Waals surface area contributed by atoms with Gasteiger partial charge in [-0.3, -0.25) is 4.90 Å². The van der Waals surface area contributed by atoms with Gasteiger partial charge < -0.3 is 15.4 Å². The zero-order valence-electron chi connectivity index (χ0n) is 14.7. The Hall–Kier alpha value is -2.91. The summed E-state index contributed by atoms with van der Waals surface area (Å²) in [6.07, 6.45) is 3.18. The molecule has 1 aliphatic rings. The number of halogens is 1. The highest BCUT2D eigenvalue weighted by Crippen LogP contribution is 2.22. The summed E-state index contributed by atoms with van der Waals surface area (Å²) in [5, 5.41) is 6.41. The van der Waals surface area contributed by atoms with E-state index in [2.05, 4.69) is 35.5 Å². The van der Waals surface area contributed by atoms with Crippen LogP contribution >= 0.6 is 0 Å². The van der Waals surface area contributed by atoms with E-state index in [1.54, 1.807) is 24.5 Å². The zero-order chi connectivity index (χ0) is 18.5. The minimum Gasteiger partial charge on any atom is -0.379 e. The second-order valence-corrected chi connectivity index (χ2v) is 6.14. The van der Waals surface area contributed by atoms with Gasteiger partial charge in [0.15, 0.2) is 17.0 Å². The van der Waals surface area contributed by atoms with Gasteiger partial charge in [-0.05, 0) is 24.3 Å². The Morgan fingerprint density at radius 2 is 1.81 bits per heavy atom. The van der Waals surface area contributed by atoms with Gasteiger partial charge in [-0.2, -0.15) is 9.97 Å². The van der Waals surface area contributed by atoms with Crippen molar-refractivity contribution < 1.29 is 9.13 Å². The molecule has 0 unspecified atom stereocenters. The van der Waals surface area contributed by atoms with Gasteiger partial charge in [0.05, 0.1) is 13.2 Å². The van der Waals surface area contributed by atoms with Gasteiger partial charge in [-0.25, -0.2) is 14.4 Å². The third kappa shape index (κ3) is 4.44. The highest BCUT2D eigenvalue weighted by atomic mass is 19.1. The molecule has 1 aliphatic heterocycles. The molecule has 0 aliphatic carbocycles. The van der Waals surface area contributed by atoms with E-state index in [0.717, 1.165) is 32.8 Å². The van der Waals surface area contributed by atoms with Crippen molar-refractivity contribution in [1.82, 2.24) is 24.8 Å². The van der Waals surface area contributed by atoms with Crippen LogP contribution in [0.25, 0.3) is 11.2 Å². The van der Waals surface area contributed by atoms with Crippen LogP contribution in [0.4, 0.5) is 21.8 Å². The van der Waals surface area contributed by atoms with Crippen LogP contribution < -0.4 is 10.6 Å². The van der Waals surface area contributed by atoms with Gasteiger partial charge >= 0.3 is 0 Å². The number of anilines is 3. The van der Waals surface area contributed by atoms with Crippen molar-refractivity contribution >= 4 is 28.6 Å². The predicted molar refractivity (Wildman–Crippen MR) is 101 cm³/mol. The van der Waals surface area contributed by atoms with E-state index in [0.29, 0.717) is 35.2 Å². The van der Waals surface area contributed by atoms with Crippen LogP contribution in [-0.2, 0) is 4.74 Å². The summed E-state index contributed by atoms with van der Waals surface area (Å²) < 4.78 is 18.5. The molecule has 3 heterocycles. The number of morpholine rings is 1. The summed E-state index contributed by atoms with van der Waals surface area (Å²) in [6.45, 7) is 5.00. The summed E-state index contributed by atoms with van der Waals surface area (Å²) in [4.78, 5) is 19.9. The van der Waals surface area contributed by atoms with Crippen molar-refractivity contribution in [2.45, 2.75) is 0 Å². The Morgan fingerprint density at radius 1 is 1.04 bits per heavy atom. The van der Waals surface area contributed by atoms with Crippen LogP contribution in [0.3, 0.4) is 0 Å². The minimum atomic E-state index is -0.293. The van der Waals surface area contributed by atoms with Crippen molar-refractivity contribution in [2.24, 2.45) is 0 Å². The predicted octanol–water partition coefficient (Wildman–Crippen LogP) is 2.05. The lowest BCUT2D eigenvalue weighted by atomic mass is 10.3. The molecule has 8 nitrogen and oxygen atoms in total. The molecule has 0 radical (unpaired) electrons. The first-order chi connectivity index (χ1) is 13.3. The summed E-state index contributed by atoms with van der Waals surface area (Å²) in [5.74, 6) is 0.702. The quantitative estimate of drug-likeness (QED) is 0.683. The van der Waals surface area contributed by atoms with Gasteiger partial charge in [0.25, 0.3) is 0 Å². The average Bonchev–Trinajstić information content (AvgIpc) is 2.71. The summed E-state index contributed by atoms with van der Waals surface area (Å²) in [5.41, 5.74) is 1.76. The number of nitrogens with one attached hydrogen (secondary N) is 2. The van der Waals surface area contributed by atoms with Crippen molar-refractivity contribution in [2.75, 3.05) is 50.0 Å². The Morgan fingerprint density at radius 3 is 2.63 bits per heavy atom. The Balaban J connectivity index is 1.51. The SMILES string of the molecule is Fc1ccc(Nc2nc(NCCN3CCOCC3)nc3nccnc23)cc1. The lowest BCUT2D eigenvalue weighted by Crippen LogP contribution is -2.39. The lowest BCUT2D eigenvalue weighted by Gasteiger charge is -2.26. The minimum absolute atomic E-state index is 0.293. The smallest absolute Gasteiger partial charge is 0.226 e. The number of fused-ring (bicyclic) bond motifs is 1. The van der Waals surface area contributed by atoms with Crippen LogP contribution in [0.1, 0.15) is 0 Å². The second-order valence-electron chi connectivity index (χ2n) is 6.14. The van der Waals surface area contributed by atoms with Crippen LogP contribution in [0.15, 0.2) is 36.7 Å². The fourth-order valence-corrected chi connectivity index (χ4v) is 2.85. The number of aromatic nitrogens is 4. The molecule has 0 spiro atoms. The molecule has 1 aromatic carbocycles. The molecule has 1 saturated heterocycles. The molecular formula is C18H20FN7O. The van der Waals surface area contributed by atoms with E-state index >= 15 is 0 Å². The molecular weight excluding hydrogens is 349 g/mol. The topological polar surface area (TPSA) is 88.1 Å². The van der Waals surface area contributed by atoms with Gasteiger partial charge in [-0.1, -0.05) is 0 Å². The Labute approximate surface area is 155 Å². The molecule has 2 aromatic heterocycles. The first-order valence-electron chi connectivity index (χ1n) is 8.83. The summed E-state index contributed by atoms with van der Waals surface area (Å²) in [6, 6.07) is 6.06. The molecule has 27 heavy (non-hydrogen) atoms. The maximum Gasteiger partial charge on any atom is 0.226 e. The molecule has 4 rings (SSSR count). The number of benzene rings is 1. The maximum absolute atomic E-state index is 13.1. The number of hydrogen-bond donors (Lipinski definition) is 2. The third-order valence-electron chi connectivity index (χ3n) is 4.25. The van der Waals surface area contributed by atoms with Crippen LogP contribution in [-0.4, -0.2) is 64.2 Å². The van der Waals surface area contributed by atoms with Gasteiger partial charge in [0.2, 0.25) is 5.95 Å². The summed E-state index contributed by atoms with van der Waals surface area (Å²) in [7, 11) is 0. The highest BCUT2D eigenvalue weighted by molar-refractivity contribution is 5.85. The molecule has 0 amide bonds. The monoisotopic (exact) mass is 369 g/mol. The van der Waals surface area contributed by atoms with E-state index < -0.39 is 0 Å². The van der Waals surface area contributed by atoms with Crippen molar-refractivity contribution in [3.8, 4) is 0 Å². The van der Waals surface area contributed by atoms with Crippen LogP contribution in [0.2, 0.25) is 0 Å². The highest BCUT2D eigenvalue weighted by Gasteiger charge is 2.12. The van der Waals surface area contributed by atoms with Gasteiger partial charge in [0.1, 0.15) is 5.82 Å². The molecule has 0 saturated carbocycles. The van der Waals surface area contributed by atoms with Crippen LogP contribution in [0, 0.1) is 5.82 Å². The normalized spacial score (nSPS) is 15.0. The van der Waals surface area contributed by atoms with Crippen molar-refractivity contribution in [1.29, 1.82) is 0 Å². The van der Waals surface area contributed by atoms with Crippen molar-refractivity contribution in [3.05, 3.63) is 42.5 Å². The Bertz CT molecular complexity index is 900. The molecule has 1 fully saturated rings. The second kappa shape index (κ2) is 8.19. The van der Waals surface area contributed by atoms with Gasteiger partial charge in [0, 0.05) is 44.3 Å². The molecule has 3 aromatic rings. The molecule has 2 N–H and O–H groups in total. The van der Waals surface area contributed by atoms with E-state index in [4.69, 9.17) is 4.74 Å². The molecule has 0 atom stereocenters. The first-order valence-corrected chi connectivity index (χ1v) is 8.83. The number of ether oxygens (including phenoxy) is 1. The van der Waals surface area contributed by atoms with Crippen molar-refractivity contribution in [3.63, 3.8) is 0 Å². The molecule has 0 bridgehead atoms. The summed E-state index contributed by atoms with van der Waals surface area (Å²) >= 11 is 0. The maximum atomic E-state index is 13.1. The third-order valence-corrected chi connectivity index (χ3v) is 4.25. The van der Waals surface area contributed by atoms with E-state index in [1.165, 1.54) is 12.1 Å². The van der Waals surface area contributed by atoms with Gasteiger partial charge in [-0.15, -0.1) is 0 Å². The fraction of sp³-hybridized carbons (Fsp3) is 0.333. The Kier molecular flexibility index (Phi) is 5.31. The zero-order valence-corrected chi connectivity index (χ0v) is 14.7. The van der Waals surface area contributed by atoms with E-state index in [9.17, 15) is 4.39 Å². The molecule has 140 valence electrons. The molecule has 9 heteroatoms. The number of hydrogen-bond acceptors (Lipinski definition) is 8. The lowest BCUT2D eigenvalue weighted by molar-refractivity contribution is 0.0398. The fourth-order valence-electron chi connectivity index (χ4n) is 2.85. The van der Waals surface area contributed by atoms with E-state index in [1.807, 2.05) is 0 Å². The standard InChI is InChI=1S/C18H20FN7O/c19-13-1-3-14(4-2-13)23-17-15-16(21-6-5-20-15)24-18(25-17)22-7-8-26-9-11-27-12-10-26/h1-6H,7-12H2,(H2,21,22,23,24,25). The first kappa shape index (κ1) is 17.5. The number of nitrogens with zero attached hydrogens (tertiary/aromatic N) is 5. The van der Waals surface area contributed by atoms with E-state index in [-0.39, 0.29) is 5.82 Å².